The Balaban J connectivity index is 1.88. The fraction of sp³-hybridized carbons (Fsp3) is 0.375. The number of aromatic nitrogens is 1. The highest BCUT2D eigenvalue weighted by atomic mass is 32.1. The molecule has 110 valence electrons. The first-order valence-electron chi connectivity index (χ1n) is 7.05. The molecular formula is C16H18N2O2S. The van der Waals surface area contributed by atoms with Gasteiger partial charge in [0.15, 0.2) is 0 Å². The van der Waals surface area contributed by atoms with Crippen LogP contribution in [0.1, 0.15) is 39.8 Å². The molecule has 1 aliphatic heterocycles. The number of nitrogens with zero attached hydrogens (tertiary/aromatic N) is 2. The Morgan fingerprint density at radius 1 is 1.48 bits per heavy atom. The van der Waals surface area contributed by atoms with Gasteiger partial charge in [-0.05, 0) is 37.5 Å². The summed E-state index contributed by atoms with van der Waals surface area (Å²) in [6, 6.07) is 8.13. The van der Waals surface area contributed by atoms with E-state index in [1.165, 1.54) is 11.3 Å². The van der Waals surface area contributed by atoms with Crippen LogP contribution in [0, 0.1) is 6.92 Å². The summed E-state index contributed by atoms with van der Waals surface area (Å²) in [5, 5.41) is 0. The molecule has 1 atom stereocenters. The first-order chi connectivity index (χ1) is 10.2. The van der Waals surface area contributed by atoms with Gasteiger partial charge in [-0.1, -0.05) is 12.1 Å². The molecule has 1 saturated heterocycles. The van der Waals surface area contributed by atoms with Gasteiger partial charge in [0.05, 0.1) is 24.4 Å². The predicted molar refractivity (Wildman–Crippen MR) is 82.9 cm³/mol. The van der Waals surface area contributed by atoms with Crippen molar-refractivity contribution in [3.8, 4) is 5.75 Å². The van der Waals surface area contributed by atoms with E-state index in [4.69, 9.17) is 4.74 Å². The maximum absolute atomic E-state index is 12.7. The second kappa shape index (κ2) is 5.85. The third-order valence-electron chi connectivity index (χ3n) is 3.93. The molecule has 1 aromatic heterocycles. The van der Waals surface area contributed by atoms with Crippen LogP contribution in [-0.2, 0) is 0 Å². The first-order valence-corrected chi connectivity index (χ1v) is 7.93. The van der Waals surface area contributed by atoms with Crippen LogP contribution in [0.2, 0.25) is 0 Å². The van der Waals surface area contributed by atoms with Crippen LogP contribution in [0.5, 0.6) is 5.75 Å². The van der Waals surface area contributed by atoms with Crippen LogP contribution in [0.15, 0.2) is 29.8 Å². The fourth-order valence-electron chi connectivity index (χ4n) is 2.84. The predicted octanol–water partition coefficient (Wildman–Crippen LogP) is 3.44. The van der Waals surface area contributed by atoms with Crippen molar-refractivity contribution in [3.05, 3.63) is 45.9 Å². The molecule has 4 nitrogen and oxygen atoms in total. The third-order valence-corrected chi connectivity index (χ3v) is 4.85. The second-order valence-electron chi connectivity index (χ2n) is 5.20. The zero-order chi connectivity index (χ0) is 14.8. The number of aryl methyl sites for hydroxylation is 1. The molecule has 0 bridgehead atoms. The molecule has 0 N–H and O–H groups in total. The Morgan fingerprint density at radius 2 is 2.33 bits per heavy atom. The van der Waals surface area contributed by atoms with E-state index in [-0.39, 0.29) is 11.9 Å². The normalized spacial score (nSPS) is 18.0. The van der Waals surface area contributed by atoms with Crippen LogP contribution in [-0.4, -0.2) is 29.4 Å². The molecule has 0 radical (unpaired) electrons. The van der Waals surface area contributed by atoms with Gasteiger partial charge in [0.2, 0.25) is 0 Å². The van der Waals surface area contributed by atoms with Crippen molar-refractivity contribution < 1.29 is 9.53 Å². The number of thiazole rings is 1. The quantitative estimate of drug-likeness (QED) is 0.872. The molecule has 3 rings (SSSR count). The van der Waals surface area contributed by atoms with Crippen molar-refractivity contribution in [2.24, 2.45) is 0 Å². The molecule has 2 aromatic rings. The van der Waals surface area contributed by atoms with E-state index in [9.17, 15) is 4.79 Å². The Kier molecular flexibility index (Phi) is 3.92. The monoisotopic (exact) mass is 302 g/mol. The minimum Gasteiger partial charge on any atom is -0.497 e. The summed E-state index contributed by atoms with van der Waals surface area (Å²) in [5.74, 6) is 0.932. The molecule has 0 spiro atoms. The Labute approximate surface area is 128 Å². The number of hydrogen-bond donors (Lipinski definition) is 0. The Bertz CT molecular complexity index is 653. The van der Waals surface area contributed by atoms with E-state index in [2.05, 4.69) is 11.1 Å². The number of carbonyl (C=O) groups is 1. The van der Waals surface area contributed by atoms with Crippen molar-refractivity contribution in [1.29, 1.82) is 0 Å². The molecule has 1 amide bonds. The number of amides is 1. The van der Waals surface area contributed by atoms with E-state index in [1.807, 2.05) is 30.0 Å². The third kappa shape index (κ3) is 2.65. The number of rotatable bonds is 3. The second-order valence-corrected chi connectivity index (χ2v) is 6.05. The molecular weight excluding hydrogens is 284 g/mol. The highest BCUT2D eigenvalue weighted by Gasteiger charge is 2.32. The number of hydrogen-bond acceptors (Lipinski definition) is 4. The molecule has 5 heteroatoms. The van der Waals surface area contributed by atoms with E-state index in [0.29, 0.717) is 0 Å². The zero-order valence-corrected chi connectivity index (χ0v) is 13.0. The van der Waals surface area contributed by atoms with Gasteiger partial charge in [-0.15, -0.1) is 11.3 Å². The molecule has 2 heterocycles. The molecule has 1 fully saturated rings. The fourth-order valence-corrected chi connectivity index (χ4v) is 3.60. The molecule has 21 heavy (non-hydrogen) atoms. The minimum atomic E-state index is 0.0975. The topological polar surface area (TPSA) is 42.4 Å². The van der Waals surface area contributed by atoms with E-state index < -0.39 is 0 Å². The van der Waals surface area contributed by atoms with Crippen molar-refractivity contribution in [1.82, 2.24) is 9.88 Å². The molecule has 0 aliphatic carbocycles. The van der Waals surface area contributed by atoms with Crippen molar-refractivity contribution in [2.45, 2.75) is 25.8 Å². The number of ether oxygens (including phenoxy) is 1. The number of carbonyl (C=O) groups excluding carboxylic acids is 1. The average molecular weight is 302 g/mol. The minimum absolute atomic E-state index is 0.0975. The summed E-state index contributed by atoms with van der Waals surface area (Å²) in [5.41, 5.74) is 3.70. The molecule has 0 unspecified atom stereocenters. The summed E-state index contributed by atoms with van der Waals surface area (Å²) in [6.45, 7) is 2.69. The maximum atomic E-state index is 12.7. The average Bonchev–Trinajstić information content (AvgIpc) is 3.15. The lowest BCUT2D eigenvalue weighted by Gasteiger charge is -2.25. The van der Waals surface area contributed by atoms with E-state index in [1.54, 1.807) is 12.6 Å². The van der Waals surface area contributed by atoms with Gasteiger partial charge < -0.3 is 9.64 Å². The lowest BCUT2D eigenvalue weighted by atomic mass is 10.0. The smallest absolute Gasteiger partial charge is 0.266 e. The first kappa shape index (κ1) is 14.1. The van der Waals surface area contributed by atoms with Crippen LogP contribution in [0.3, 0.4) is 0 Å². The van der Waals surface area contributed by atoms with Gasteiger partial charge in [-0.2, -0.15) is 0 Å². The van der Waals surface area contributed by atoms with Gasteiger partial charge in [0.1, 0.15) is 10.6 Å². The summed E-state index contributed by atoms with van der Waals surface area (Å²) in [7, 11) is 1.66. The van der Waals surface area contributed by atoms with Gasteiger partial charge in [0.25, 0.3) is 5.91 Å². The SMILES string of the molecule is COc1cccc([C@@H]2CCCN2C(=O)c2scnc2C)c1. The highest BCUT2D eigenvalue weighted by molar-refractivity contribution is 7.11. The summed E-state index contributed by atoms with van der Waals surface area (Å²) in [6.07, 6.45) is 2.03. The summed E-state index contributed by atoms with van der Waals surface area (Å²) < 4.78 is 5.29. The van der Waals surface area contributed by atoms with Crippen LogP contribution < -0.4 is 4.74 Å². The Morgan fingerprint density at radius 3 is 3.05 bits per heavy atom. The molecule has 1 aliphatic rings. The molecule has 1 aromatic carbocycles. The zero-order valence-electron chi connectivity index (χ0n) is 12.2. The number of methoxy groups -OCH3 is 1. The summed E-state index contributed by atoms with van der Waals surface area (Å²) >= 11 is 1.42. The van der Waals surface area contributed by atoms with Gasteiger partial charge >= 0.3 is 0 Å². The number of benzene rings is 1. The maximum Gasteiger partial charge on any atom is 0.266 e. The van der Waals surface area contributed by atoms with E-state index >= 15 is 0 Å². The van der Waals surface area contributed by atoms with Crippen LogP contribution >= 0.6 is 11.3 Å². The van der Waals surface area contributed by atoms with Gasteiger partial charge in [-0.25, -0.2) is 4.98 Å². The number of likely N-dealkylation sites (tertiary alicyclic amines) is 1. The molecule has 0 saturated carbocycles. The summed E-state index contributed by atoms with van der Waals surface area (Å²) in [4.78, 5) is 19.6. The lowest BCUT2D eigenvalue weighted by Crippen LogP contribution is -2.30. The van der Waals surface area contributed by atoms with Gasteiger partial charge in [0, 0.05) is 6.54 Å². The van der Waals surface area contributed by atoms with Crippen molar-refractivity contribution in [3.63, 3.8) is 0 Å². The van der Waals surface area contributed by atoms with E-state index in [0.717, 1.165) is 41.3 Å². The van der Waals surface area contributed by atoms with Crippen LogP contribution in [0.25, 0.3) is 0 Å². The highest BCUT2D eigenvalue weighted by Crippen LogP contribution is 2.35. The van der Waals surface area contributed by atoms with Gasteiger partial charge in [-0.3, -0.25) is 4.79 Å². The van der Waals surface area contributed by atoms with Crippen LogP contribution in [0.4, 0.5) is 0 Å². The Hall–Kier alpha value is -1.88. The van der Waals surface area contributed by atoms with Crippen molar-refractivity contribution >= 4 is 17.2 Å². The lowest BCUT2D eigenvalue weighted by molar-refractivity contribution is 0.0739. The largest absolute Gasteiger partial charge is 0.497 e. The van der Waals surface area contributed by atoms with Crippen molar-refractivity contribution in [2.75, 3.05) is 13.7 Å². The standard InChI is InChI=1S/C16H18N2O2S/c1-11-15(21-10-17-11)16(19)18-8-4-7-14(18)12-5-3-6-13(9-12)20-2/h3,5-6,9-10,14H,4,7-8H2,1-2H3/t14-/m0/s1.